The molecule has 1 aromatic heterocycles. The van der Waals surface area contributed by atoms with Gasteiger partial charge in [0.2, 0.25) is 0 Å². The van der Waals surface area contributed by atoms with Gasteiger partial charge >= 0.3 is 0 Å². The van der Waals surface area contributed by atoms with Crippen molar-refractivity contribution in [3.63, 3.8) is 0 Å². The Kier molecular flexibility index (Phi) is 3.43. The third-order valence-corrected chi connectivity index (χ3v) is 2.38. The van der Waals surface area contributed by atoms with E-state index in [4.69, 9.17) is 4.74 Å². The van der Waals surface area contributed by atoms with Gasteiger partial charge in [-0.05, 0) is 36.4 Å². The number of ether oxygens (including phenoxy) is 1. The van der Waals surface area contributed by atoms with Crippen LogP contribution in [0.1, 0.15) is 10.4 Å². The van der Waals surface area contributed by atoms with Crippen LogP contribution in [0.4, 0.5) is 11.5 Å². The SMILES string of the molecule is COc1ccc(Nc2ncccc2C(=O)[O-])cc1. The van der Waals surface area contributed by atoms with Gasteiger partial charge < -0.3 is 20.0 Å². The number of carboxylic acid groups (broad SMARTS) is 1. The van der Waals surface area contributed by atoms with Crippen LogP contribution in [0, 0.1) is 0 Å². The summed E-state index contributed by atoms with van der Waals surface area (Å²) in [5.41, 5.74) is 0.741. The van der Waals surface area contributed by atoms with Gasteiger partial charge in [0.05, 0.1) is 13.1 Å². The monoisotopic (exact) mass is 243 g/mol. The minimum absolute atomic E-state index is 0.0216. The van der Waals surface area contributed by atoms with Crippen molar-refractivity contribution in [3.05, 3.63) is 48.2 Å². The van der Waals surface area contributed by atoms with Crippen LogP contribution in [0.3, 0.4) is 0 Å². The molecule has 0 aliphatic rings. The number of pyridine rings is 1. The van der Waals surface area contributed by atoms with Crippen LogP contribution in [0.15, 0.2) is 42.6 Å². The van der Waals surface area contributed by atoms with E-state index < -0.39 is 5.97 Å². The lowest BCUT2D eigenvalue weighted by Gasteiger charge is -2.11. The first-order valence-corrected chi connectivity index (χ1v) is 5.28. The first kappa shape index (κ1) is 11.9. The van der Waals surface area contributed by atoms with Gasteiger partial charge in [-0.3, -0.25) is 0 Å². The van der Waals surface area contributed by atoms with Gasteiger partial charge in [-0.2, -0.15) is 0 Å². The van der Waals surface area contributed by atoms with E-state index >= 15 is 0 Å². The first-order valence-electron chi connectivity index (χ1n) is 5.28. The number of nitrogens with zero attached hydrogens (tertiary/aromatic N) is 1. The molecule has 0 radical (unpaired) electrons. The molecule has 0 aliphatic heterocycles. The molecule has 0 saturated carbocycles. The topological polar surface area (TPSA) is 74.3 Å². The summed E-state index contributed by atoms with van der Waals surface area (Å²) < 4.78 is 5.03. The Labute approximate surface area is 104 Å². The number of rotatable bonds is 4. The van der Waals surface area contributed by atoms with Gasteiger partial charge in [0.25, 0.3) is 0 Å². The lowest BCUT2D eigenvalue weighted by molar-refractivity contribution is -0.254. The van der Waals surface area contributed by atoms with Gasteiger partial charge in [-0.15, -0.1) is 0 Å². The molecule has 1 N–H and O–H groups in total. The molecule has 0 amide bonds. The summed E-state index contributed by atoms with van der Waals surface area (Å²) in [5.74, 6) is -0.288. The van der Waals surface area contributed by atoms with Gasteiger partial charge in [0, 0.05) is 17.4 Å². The highest BCUT2D eigenvalue weighted by atomic mass is 16.5. The molecule has 0 unspecified atom stereocenters. The maximum absolute atomic E-state index is 10.9. The highest BCUT2D eigenvalue weighted by Gasteiger charge is 2.04. The van der Waals surface area contributed by atoms with Crippen molar-refractivity contribution in [2.24, 2.45) is 0 Å². The number of hydrogen-bond donors (Lipinski definition) is 1. The normalized spacial score (nSPS) is 9.83. The van der Waals surface area contributed by atoms with Crippen LogP contribution in [-0.4, -0.2) is 18.1 Å². The van der Waals surface area contributed by atoms with Crippen molar-refractivity contribution >= 4 is 17.5 Å². The molecule has 92 valence electrons. The molecule has 18 heavy (non-hydrogen) atoms. The minimum atomic E-state index is -1.26. The second-order valence-corrected chi connectivity index (χ2v) is 3.54. The lowest BCUT2D eigenvalue weighted by atomic mass is 10.2. The Morgan fingerprint density at radius 1 is 1.28 bits per heavy atom. The predicted molar refractivity (Wildman–Crippen MR) is 64.8 cm³/mol. The third kappa shape index (κ3) is 2.57. The number of benzene rings is 1. The van der Waals surface area contributed by atoms with E-state index in [1.54, 1.807) is 37.4 Å². The van der Waals surface area contributed by atoms with Crippen LogP contribution >= 0.6 is 0 Å². The second-order valence-electron chi connectivity index (χ2n) is 3.54. The van der Waals surface area contributed by atoms with E-state index in [1.807, 2.05) is 0 Å². The predicted octanol–water partition coefficient (Wildman–Crippen LogP) is 1.20. The Morgan fingerprint density at radius 2 is 2.00 bits per heavy atom. The average Bonchev–Trinajstić information content (AvgIpc) is 2.40. The van der Waals surface area contributed by atoms with Gasteiger partial charge in [-0.25, -0.2) is 4.98 Å². The molecular formula is C13H11N2O3-. The maximum atomic E-state index is 10.9. The van der Waals surface area contributed by atoms with Crippen molar-refractivity contribution in [2.75, 3.05) is 12.4 Å². The number of hydrogen-bond acceptors (Lipinski definition) is 5. The fourth-order valence-electron chi connectivity index (χ4n) is 1.48. The van der Waals surface area contributed by atoms with Crippen LogP contribution < -0.4 is 15.2 Å². The van der Waals surface area contributed by atoms with Gasteiger partial charge in [-0.1, -0.05) is 0 Å². The second kappa shape index (κ2) is 5.18. The van der Waals surface area contributed by atoms with E-state index in [-0.39, 0.29) is 11.4 Å². The Hall–Kier alpha value is -2.56. The van der Waals surface area contributed by atoms with Crippen molar-refractivity contribution < 1.29 is 14.6 Å². The molecule has 0 atom stereocenters. The molecule has 0 aliphatic carbocycles. The molecular weight excluding hydrogens is 232 g/mol. The van der Waals surface area contributed by atoms with E-state index in [0.29, 0.717) is 0 Å². The van der Waals surface area contributed by atoms with Crippen molar-refractivity contribution in [2.45, 2.75) is 0 Å². The summed E-state index contributed by atoms with van der Waals surface area (Å²) in [6, 6.07) is 10.1. The summed E-state index contributed by atoms with van der Waals surface area (Å²) in [4.78, 5) is 14.9. The molecule has 2 rings (SSSR count). The average molecular weight is 243 g/mol. The minimum Gasteiger partial charge on any atom is -0.545 e. The van der Waals surface area contributed by atoms with Crippen molar-refractivity contribution in [3.8, 4) is 5.75 Å². The molecule has 0 bridgehead atoms. The Balaban J connectivity index is 2.25. The van der Waals surface area contributed by atoms with E-state index in [9.17, 15) is 9.90 Å². The fourth-order valence-corrected chi connectivity index (χ4v) is 1.48. The summed E-state index contributed by atoms with van der Waals surface area (Å²) in [7, 11) is 1.58. The summed E-state index contributed by atoms with van der Waals surface area (Å²) in [6.45, 7) is 0. The number of carbonyl (C=O) groups excluding carboxylic acids is 1. The highest BCUT2D eigenvalue weighted by molar-refractivity contribution is 5.92. The highest BCUT2D eigenvalue weighted by Crippen LogP contribution is 2.20. The van der Waals surface area contributed by atoms with E-state index in [0.717, 1.165) is 11.4 Å². The van der Waals surface area contributed by atoms with E-state index in [1.165, 1.54) is 12.3 Å². The third-order valence-electron chi connectivity index (χ3n) is 2.38. The zero-order chi connectivity index (χ0) is 13.0. The van der Waals surface area contributed by atoms with Crippen LogP contribution in [0.25, 0.3) is 0 Å². The lowest BCUT2D eigenvalue weighted by Crippen LogP contribution is -2.23. The van der Waals surface area contributed by atoms with Crippen molar-refractivity contribution in [1.29, 1.82) is 0 Å². The van der Waals surface area contributed by atoms with Crippen LogP contribution in [-0.2, 0) is 0 Å². The number of carboxylic acids is 1. The first-order chi connectivity index (χ1) is 8.70. The molecule has 5 heteroatoms. The summed E-state index contributed by atoms with van der Waals surface area (Å²) >= 11 is 0. The standard InChI is InChI=1S/C13H12N2O3/c1-18-10-6-4-9(5-7-10)15-12-11(13(16)17)3-2-8-14-12/h2-8H,1H3,(H,14,15)(H,16,17)/p-1. The number of anilines is 2. The molecule has 0 spiro atoms. The quantitative estimate of drug-likeness (QED) is 0.873. The van der Waals surface area contributed by atoms with E-state index in [2.05, 4.69) is 10.3 Å². The Morgan fingerprint density at radius 3 is 2.61 bits per heavy atom. The largest absolute Gasteiger partial charge is 0.545 e. The zero-order valence-electron chi connectivity index (χ0n) is 9.71. The molecule has 1 heterocycles. The molecule has 2 aromatic rings. The number of methoxy groups -OCH3 is 1. The molecule has 5 nitrogen and oxygen atoms in total. The summed E-state index contributed by atoms with van der Waals surface area (Å²) in [5, 5.41) is 13.8. The van der Waals surface area contributed by atoms with Gasteiger partial charge in [0.1, 0.15) is 11.6 Å². The number of aromatic carboxylic acids is 1. The maximum Gasteiger partial charge on any atom is 0.139 e. The zero-order valence-corrected chi connectivity index (χ0v) is 9.71. The number of nitrogens with one attached hydrogen (secondary N) is 1. The van der Waals surface area contributed by atoms with Crippen molar-refractivity contribution in [1.82, 2.24) is 4.98 Å². The number of carbonyl (C=O) groups is 1. The summed E-state index contributed by atoms with van der Waals surface area (Å²) in [6.07, 6.45) is 1.51. The van der Waals surface area contributed by atoms with Crippen LogP contribution in [0.5, 0.6) is 5.75 Å². The number of aromatic nitrogens is 1. The molecule has 1 aromatic carbocycles. The fraction of sp³-hybridized carbons (Fsp3) is 0.0769. The molecule has 0 fully saturated rings. The van der Waals surface area contributed by atoms with Gasteiger partial charge in [0.15, 0.2) is 0 Å². The Bertz CT molecular complexity index is 552. The smallest absolute Gasteiger partial charge is 0.139 e. The van der Waals surface area contributed by atoms with Crippen LogP contribution in [0.2, 0.25) is 0 Å². The molecule has 0 saturated heterocycles.